The lowest BCUT2D eigenvalue weighted by Gasteiger charge is -2.43. The zero-order valence-corrected chi connectivity index (χ0v) is 15.7. The number of hydrogen-bond acceptors (Lipinski definition) is 3. The van der Waals surface area contributed by atoms with E-state index in [1.807, 2.05) is 36.4 Å². The normalized spacial score (nSPS) is 20.6. The van der Waals surface area contributed by atoms with Crippen molar-refractivity contribution in [1.29, 1.82) is 0 Å². The first-order chi connectivity index (χ1) is 13.5. The van der Waals surface area contributed by atoms with Gasteiger partial charge < -0.3 is 9.88 Å². The van der Waals surface area contributed by atoms with Crippen molar-refractivity contribution in [3.63, 3.8) is 0 Å². The van der Waals surface area contributed by atoms with Crippen LogP contribution in [0.2, 0.25) is 0 Å². The highest BCUT2D eigenvalue weighted by Gasteiger charge is 2.61. The van der Waals surface area contributed by atoms with Gasteiger partial charge in [-0.05, 0) is 24.1 Å². The first-order valence-corrected chi connectivity index (χ1v) is 9.30. The number of benzene rings is 2. The number of nitrogens with zero attached hydrogens (tertiary/aromatic N) is 2. The van der Waals surface area contributed by atoms with E-state index in [2.05, 4.69) is 4.98 Å². The number of aromatic nitrogens is 1. The number of nitrogens with one attached hydrogen (secondary N) is 1. The highest BCUT2D eigenvalue weighted by Crippen LogP contribution is 2.51. The van der Waals surface area contributed by atoms with Gasteiger partial charge in [0, 0.05) is 36.9 Å². The lowest BCUT2D eigenvalue weighted by Crippen LogP contribution is -2.59. The maximum Gasteiger partial charge on any atom is 0.270 e. The number of amides is 3. The molecule has 0 radical (unpaired) electrons. The molecule has 3 heterocycles. The molecule has 0 saturated heterocycles. The van der Waals surface area contributed by atoms with E-state index < -0.39 is 11.4 Å². The third-order valence-corrected chi connectivity index (χ3v) is 5.91. The number of para-hydroxylation sites is 2. The van der Waals surface area contributed by atoms with Crippen LogP contribution in [0.4, 0.5) is 5.69 Å². The molecule has 0 bridgehead atoms. The number of carbonyl (C=O) groups excluding carboxylic acids is 3. The van der Waals surface area contributed by atoms with Crippen LogP contribution in [0.5, 0.6) is 0 Å². The van der Waals surface area contributed by atoms with Gasteiger partial charge in [-0.1, -0.05) is 36.4 Å². The number of imide groups is 1. The topological polar surface area (TPSA) is 73.5 Å². The minimum atomic E-state index is -1.35. The summed E-state index contributed by atoms with van der Waals surface area (Å²) in [5, 5.41) is 1.05. The largest absolute Gasteiger partial charge is 0.355 e. The summed E-state index contributed by atoms with van der Waals surface area (Å²) >= 11 is 0. The Hall–Kier alpha value is -3.41. The van der Waals surface area contributed by atoms with Gasteiger partial charge in [-0.2, -0.15) is 0 Å². The van der Waals surface area contributed by atoms with Gasteiger partial charge in [0.15, 0.2) is 5.54 Å². The lowest BCUT2D eigenvalue weighted by molar-refractivity contribution is -0.144. The standard InChI is InChI=1S/C22H19N3O3/c1-13(26)24-12-11-16-15-7-3-5-9-18(15)23-20(16)22(24)17-8-4-6-10-19(17)25(14(2)27)21(22)28/h3-10,23H,11-12H2,1-2H3/t22-/m0/s1. The van der Waals surface area contributed by atoms with Gasteiger partial charge in [0.2, 0.25) is 11.8 Å². The molecule has 2 aliphatic heterocycles. The molecular weight excluding hydrogens is 354 g/mol. The molecule has 1 spiro atoms. The van der Waals surface area contributed by atoms with Gasteiger partial charge in [-0.15, -0.1) is 0 Å². The molecule has 5 rings (SSSR count). The van der Waals surface area contributed by atoms with E-state index in [1.165, 1.54) is 18.7 Å². The average molecular weight is 373 g/mol. The Morgan fingerprint density at radius 2 is 1.71 bits per heavy atom. The zero-order valence-electron chi connectivity index (χ0n) is 15.7. The van der Waals surface area contributed by atoms with Gasteiger partial charge in [0.25, 0.3) is 5.91 Å². The number of aromatic amines is 1. The van der Waals surface area contributed by atoms with Crippen molar-refractivity contribution in [2.45, 2.75) is 25.8 Å². The first kappa shape index (κ1) is 16.7. The van der Waals surface area contributed by atoms with Crippen LogP contribution in [0, 0.1) is 0 Å². The molecule has 6 heteroatoms. The molecular formula is C22H19N3O3. The van der Waals surface area contributed by atoms with Crippen LogP contribution in [0.3, 0.4) is 0 Å². The molecule has 1 atom stereocenters. The molecule has 1 N–H and O–H groups in total. The Morgan fingerprint density at radius 3 is 2.46 bits per heavy atom. The molecule has 2 aromatic carbocycles. The molecule has 140 valence electrons. The second kappa shape index (κ2) is 5.55. The second-order valence-electron chi connectivity index (χ2n) is 7.33. The van der Waals surface area contributed by atoms with Gasteiger partial charge >= 0.3 is 0 Å². The van der Waals surface area contributed by atoms with E-state index in [0.717, 1.165) is 16.5 Å². The van der Waals surface area contributed by atoms with Gasteiger partial charge in [-0.25, -0.2) is 4.90 Å². The van der Waals surface area contributed by atoms with Crippen molar-refractivity contribution in [2.75, 3.05) is 11.4 Å². The number of fused-ring (bicyclic) bond motifs is 6. The smallest absolute Gasteiger partial charge is 0.270 e. The molecule has 3 amide bonds. The minimum absolute atomic E-state index is 0.196. The van der Waals surface area contributed by atoms with E-state index >= 15 is 0 Å². The molecule has 0 unspecified atom stereocenters. The van der Waals surface area contributed by atoms with E-state index in [0.29, 0.717) is 29.9 Å². The van der Waals surface area contributed by atoms with Gasteiger partial charge in [-0.3, -0.25) is 14.4 Å². The summed E-state index contributed by atoms with van der Waals surface area (Å²) in [6.45, 7) is 3.26. The predicted molar refractivity (Wildman–Crippen MR) is 105 cm³/mol. The molecule has 3 aromatic rings. The van der Waals surface area contributed by atoms with Crippen LogP contribution in [0.25, 0.3) is 10.9 Å². The SMILES string of the molecule is CC(=O)N1C(=O)[C@]2(c3ccccc31)c1[nH]c3ccccc3c1CCN2C(C)=O. The highest BCUT2D eigenvalue weighted by atomic mass is 16.2. The minimum Gasteiger partial charge on any atom is -0.355 e. The zero-order chi connectivity index (χ0) is 19.6. The summed E-state index contributed by atoms with van der Waals surface area (Å²) in [6, 6.07) is 15.1. The van der Waals surface area contributed by atoms with Crippen molar-refractivity contribution < 1.29 is 14.4 Å². The van der Waals surface area contributed by atoms with Crippen LogP contribution >= 0.6 is 0 Å². The number of carbonyl (C=O) groups is 3. The number of H-pyrrole nitrogens is 1. The summed E-state index contributed by atoms with van der Waals surface area (Å²) in [6.07, 6.45) is 0.649. The number of rotatable bonds is 0. The van der Waals surface area contributed by atoms with E-state index in [4.69, 9.17) is 0 Å². The maximum absolute atomic E-state index is 13.8. The van der Waals surface area contributed by atoms with Crippen LogP contribution in [0.15, 0.2) is 48.5 Å². The Kier molecular flexibility index (Phi) is 3.32. The Balaban J connectivity index is 1.92. The summed E-state index contributed by atoms with van der Waals surface area (Å²) in [7, 11) is 0. The summed E-state index contributed by atoms with van der Waals surface area (Å²) < 4.78 is 0. The van der Waals surface area contributed by atoms with Crippen molar-refractivity contribution in [2.24, 2.45) is 0 Å². The molecule has 0 fully saturated rings. The van der Waals surface area contributed by atoms with Crippen molar-refractivity contribution in [3.8, 4) is 0 Å². The quantitative estimate of drug-likeness (QED) is 0.658. The molecule has 0 aliphatic carbocycles. The van der Waals surface area contributed by atoms with Crippen LogP contribution in [0.1, 0.15) is 30.7 Å². The predicted octanol–water partition coefficient (Wildman–Crippen LogP) is 2.71. The monoisotopic (exact) mass is 373 g/mol. The summed E-state index contributed by atoms with van der Waals surface area (Å²) in [5.74, 6) is -0.956. The van der Waals surface area contributed by atoms with Crippen molar-refractivity contribution >= 4 is 34.3 Å². The molecule has 6 nitrogen and oxygen atoms in total. The van der Waals surface area contributed by atoms with Crippen LogP contribution in [-0.4, -0.2) is 34.2 Å². The Morgan fingerprint density at radius 1 is 1.00 bits per heavy atom. The average Bonchev–Trinajstić information content (AvgIpc) is 3.17. The second-order valence-corrected chi connectivity index (χ2v) is 7.33. The molecule has 0 saturated carbocycles. The summed E-state index contributed by atoms with van der Waals surface area (Å²) in [5.41, 5.74) is 2.50. The fraction of sp³-hybridized carbons (Fsp3) is 0.227. The number of anilines is 1. The van der Waals surface area contributed by atoms with Crippen LogP contribution < -0.4 is 4.90 Å². The maximum atomic E-state index is 13.8. The number of hydrogen-bond donors (Lipinski definition) is 1. The fourth-order valence-corrected chi connectivity index (χ4v) is 4.86. The Bertz CT molecular complexity index is 1180. The molecule has 28 heavy (non-hydrogen) atoms. The van der Waals surface area contributed by atoms with Crippen LogP contribution in [-0.2, 0) is 26.3 Å². The summed E-state index contributed by atoms with van der Waals surface area (Å²) in [4.78, 5) is 45.1. The lowest BCUT2D eigenvalue weighted by atomic mass is 9.80. The van der Waals surface area contributed by atoms with E-state index in [9.17, 15) is 14.4 Å². The van der Waals surface area contributed by atoms with Gasteiger partial charge in [0.05, 0.1) is 11.4 Å². The molecule has 1 aromatic heterocycles. The Labute approximate surface area is 161 Å². The molecule has 2 aliphatic rings. The van der Waals surface area contributed by atoms with E-state index in [1.54, 1.807) is 17.0 Å². The van der Waals surface area contributed by atoms with Crippen molar-refractivity contribution in [3.05, 3.63) is 65.4 Å². The van der Waals surface area contributed by atoms with Gasteiger partial charge in [0.1, 0.15) is 0 Å². The fourth-order valence-electron chi connectivity index (χ4n) is 4.86. The van der Waals surface area contributed by atoms with E-state index in [-0.39, 0.29) is 11.8 Å². The first-order valence-electron chi connectivity index (χ1n) is 9.30. The van der Waals surface area contributed by atoms with Crippen molar-refractivity contribution in [1.82, 2.24) is 9.88 Å². The highest BCUT2D eigenvalue weighted by molar-refractivity contribution is 6.24. The third-order valence-electron chi connectivity index (χ3n) is 5.91. The third kappa shape index (κ3) is 1.84.